The molecule has 0 bridgehead atoms. The molecule has 0 fully saturated rings. The Bertz CT molecular complexity index is 370. The van der Waals surface area contributed by atoms with Crippen LogP contribution in [0.5, 0.6) is 0 Å². The Kier molecular flexibility index (Phi) is 5.67. The number of nitrogens with one attached hydrogen (secondary N) is 1. The SMILES string of the molecule is CSC[C@@H](CCO)Nc1nccc(C(F)(F)F)n1. The zero-order chi connectivity index (χ0) is 13.6. The lowest BCUT2D eigenvalue weighted by Gasteiger charge is -2.17. The van der Waals surface area contributed by atoms with Gasteiger partial charge in [0.1, 0.15) is 5.69 Å². The molecule has 102 valence electrons. The number of nitrogens with zero attached hydrogens (tertiary/aromatic N) is 2. The average Bonchev–Trinajstić information content (AvgIpc) is 2.29. The summed E-state index contributed by atoms with van der Waals surface area (Å²) in [6, 6.07) is 0.661. The molecule has 1 heterocycles. The van der Waals surface area contributed by atoms with Crippen molar-refractivity contribution < 1.29 is 18.3 Å². The first-order valence-electron chi connectivity index (χ1n) is 5.24. The second-order valence-corrected chi connectivity index (χ2v) is 4.48. The van der Waals surface area contributed by atoms with Gasteiger partial charge in [-0.05, 0) is 18.7 Å². The maximum absolute atomic E-state index is 12.4. The molecule has 0 aliphatic carbocycles. The highest BCUT2D eigenvalue weighted by atomic mass is 32.2. The second kappa shape index (κ2) is 6.79. The molecule has 0 radical (unpaired) electrons. The summed E-state index contributed by atoms with van der Waals surface area (Å²) in [7, 11) is 0. The fourth-order valence-electron chi connectivity index (χ4n) is 1.32. The molecule has 1 atom stereocenters. The van der Waals surface area contributed by atoms with Crippen molar-refractivity contribution >= 4 is 17.7 Å². The Morgan fingerprint density at radius 1 is 1.50 bits per heavy atom. The summed E-state index contributed by atoms with van der Waals surface area (Å²) < 4.78 is 37.3. The number of aromatic nitrogens is 2. The summed E-state index contributed by atoms with van der Waals surface area (Å²) in [5, 5.41) is 11.6. The first-order chi connectivity index (χ1) is 8.47. The summed E-state index contributed by atoms with van der Waals surface area (Å²) in [5.74, 6) is 0.581. The Labute approximate surface area is 107 Å². The fourth-order valence-corrected chi connectivity index (χ4v) is 1.98. The van der Waals surface area contributed by atoms with Crippen LogP contribution in [-0.4, -0.2) is 39.7 Å². The molecule has 0 spiro atoms. The van der Waals surface area contributed by atoms with E-state index in [1.165, 1.54) is 11.8 Å². The number of aliphatic hydroxyl groups is 1. The summed E-state index contributed by atoms with van der Waals surface area (Å²) >= 11 is 1.53. The molecular weight excluding hydrogens is 267 g/mol. The number of hydrogen-bond donors (Lipinski definition) is 2. The van der Waals surface area contributed by atoms with Crippen molar-refractivity contribution in [3.63, 3.8) is 0 Å². The van der Waals surface area contributed by atoms with Crippen LogP contribution in [0.4, 0.5) is 19.1 Å². The van der Waals surface area contributed by atoms with E-state index in [4.69, 9.17) is 5.11 Å². The molecule has 0 amide bonds. The molecule has 0 saturated carbocycles. The molecule has 8 heteroatoms. The van der Waals surface area contributed by atoms with Gasteiger partial charge in [-0.15, -0.1) is 0 Å². The topological polar surface area (TPSA) is 58.0 Å². The predicted molar refractivity (Wildman–Crippen MR) is 64.5 cm³/mol. The molecule has 1 aromatic rings. The van der Waals surface area contributed by atoms with Gasteiger partial charge in [0.25, 0.3) is 0 Å². The molecule has 4 nitrogen and oxygen atoms in total. The molecule has 0 saturated heterocycles. The number of anilines is 1. The van der Waals surface area contributed by atoms with E-state index in [9.17, 15) is 13.2 Å². The maximum atomic E-state index is 12.4. The molecule has 0 aromatic carbocycles. The predicted octanol–water partition coefficient (Wildman–Crippen LogP) is 2.02. The van der Waals surface area contributed by atoms with Crippen LogP contribution < -0.4 is 5.32 Å². The lowest BCUT2D eigenvalue weighted by Crippen LogP contribution is -2.25. The smallest absolute Gasteiger partial charge is 0.396 e. The van der Waals surface area contributed by atoms with Gasteiger partial charge in [-0.3, -0.25) is 0 Å². The van der Waals surface area contributed by atoms with Gasteiger partial charge < -0.3 is 10.4 Å². The molecule has 2 N–H and O–H groups in total. The maximum Gasteiger partial charge on any atom is 0.433 e. The van der Waals surface area contributed by atoms with Gasteiger partial charge in [-0.1, -0.05) is 0 Å². The first kappa shape index (κ1) is 15.0. The lowest BCUT2D eigenvalue weighted by atomic mass is 10.2. The minimum absolute atomic E-state index is 0.0445. The van der Waals surface area contributed by atoms with Gasteiger partial charge in [0.05, 0.1) is 0 Å². The van der Waals surface area contributed by atoms with Gasteiger partial charge in [-0.25, -0.2) is 9.97 Å². The summed E-state index contributed by atoms with van der Waals surface area (Å²) in [5.41, 5.74) is -0.980. The highest BCUT2D eigenvalue weighted by Crippen LogP contribution is 2.27. The Morgan fingerprint density at radius 2 is 2.22 bits per heavy atom. The third-order valence-electron chi connectivity index (χ3n) is 2.12. The van der Waals surface area contributed by atoms with E-state index in [2.05, 4.69) is 15.3 Å². The van der Waals surface area contributed by atoms with Gasteiger partial charge in [0.2, 0.25) is 5.95 Å². The number of alkyl halides is 3. The molecule has 1 aromatic heterocycles. The highest BCUT2D eigenvalue weighted by molar-refractivity contribution is 7.98. The van der Waals surface area contributed by atoms with E-state index >= 15 is 0 Å². The number of hydrogen-bond acceptors (Lipinski definition) is 5. The van der Waals surface area contributed by atoms with Crippen LogP contribution >= 0.6 is 11.8 Å². The highest BCUT2D eigenvalue weighted by Gasteiger charge is 2.32. The van der Waals surface area contributed by atoms with Crippen LogP contribution in [0.25, 0.3) is 0 Å². The second-order valence-electron chi connectivity index (χ2n) is 3.57. The number of rotatable bonds is 6. The molecule has 18 heavy (non-hydrogen) atoms. The van der Waals surface area contributed by atoms with Gasteiger partial charge in [0.15, 0.2) is 0 Å². The molecule has 0 aliphatic rings. The van der Waals surface area contributed by atoms with Crippen LogP contribution in [-0.2, 0) is 6.18 Å². The van der Waals surface area contributed by atoms with Crippen molar-refractivity contribution in [2.45, 2.75) is 18.6 Å². The largest absolute Gasteiger partial charge is 0.433 e. The van der Waals surface area contributed by atoms with Crippen LogP contribution in [0.2, 0.25) is 0 Å². The zero-order valence-corrected chi connectivity index (χ0v) is 10.6. The van der Waals surface area contributed by atoms with Gasteiger partial charge >= 0.3 is 6.18 Å². The molecule has 0 unspecified atom stereocenters. The van der Waals surface area contributed by atoms with Crippen molar-refractivity contribution in [1.29, 1.82) is 0 Å². The quantitative estimate of drug-likeness (QED) is 0.835. The van der Waals surface area contributed by atoms with Crippen molar-refractivity contribution in [2.24, 2.45) is 0 Å². The van der Waals surface area contributed by atoms with E-state index in [0.717, 1.165) is 12.3 Å². The summed E-state index contributed by atoms with van der Waals surface area (Å²) in [4.78, 5) is 7.15. The number of halogens is 3. The fraction of sp³-hybridized carbons (Fsp3) is 0.600. The van der Waals surface area contributed by atoms with E-state index in [-0.39, 0.29) is 18.6 Å². The molecule has 1 rings (SSSR count). The van der Waals surface area contributed by atoms with E-state index in [0.29, 0.717) is 12.2 Å². The van der Waals surface area contributed by atoms with E-state index in [1.54, 1.807) is 0 Å². The Morgan fingerprint density at radius 3 is 2.78 bits per heavy atom. The first-order valence-corrected chi connectivity index (χ1v) is 6.63. The van der Waals surface area contributed by atoms with E-state index < -0.39 is 11.9 Å². The van der Waals surface area contributed by atoms with Gasteiger partial charge in [-0.2, -0.15) is 24.9 Å². The molecule has 0 aliphatic heterocycles. The minimum Gasteiger partial charge on any atom is -0.396 e. The van der Waals surface area contributed by atoms with Crippen LogP contribution in [0, 0.1) is 0 Å². The zero-order valence-electron chi connectivity index (χ0n) is 9.74. The van der Waals surface area contributed by atoms with Crippen LogP contribution in [0.15, 0.2) is 12.3 Å². The third-order valence-corrected chi connectivity index (χ3v) is 2.86. The Hall–Kier alpha value is -1.02. The van der Waals surface area contributed by atoms with Crippen LogP contribution in [0.3, 0.4) is 0 Å². The van der Waals surface area contributed by atoms with E-state index in [1.807, 2.05) is 6.26 Å². The van der Waals surface area contributed by atoms with Crippen LogP contribution in [0.1, 0.15) is 12.1 Å². The molecular formula is C10H14F3N3OS. The van der Waals surface area contributed by atoms with Crippen molar-refractivity contribution in [2.75, 3.05) is 23.9 Å². The van der Waals surface area contributed by atoms with Crippen molar-refractivity contribution in [1.82, 2.24) is 9.97 Å². The number of thioether (sulfide) groups is 1. The number of aliphatic hydroxyl groups excluding tert-OH is 1. The summed E-state index contributed by atoms with van der Waals surface area (Å²) in [6.07, 6.45) is -1.11. The average molecular weight is 281 g/mol. The monoisotopic (exact) mass is 281 g/mol. The van der Waals surface area contributed by atoms with Crippen molar-refractivity contribution in [3.8, 4) is 0 Å². The van der Waals surface area contributed by atoms with Crippen molar-refractivity contribution in [3.05, 3.63) is 18.0 Å². The Balaban J connectivity index is 2.77. The lowest BCUT2D eigenvalue weighted by molar-refractivity contribution is -0.141. The summed E-state index contributed by atoms with van der Waals surface area (Å²) in [6.45, 7) is -0.0445. The third kappa shape index (κ3) is 4.69. The standard InChI is InChI=1S/C10H14F3N3OS/c1-18-6-7(3-5-17)15-9-14-4-2-8(16-9)10(11,12)13/h2,4,7,17H,3,5-6H2,1H3,(H,14,15,16)/t7-/m1/s1. The normalized spacial score (nSPS) is 13.4. The minimum atomic E-state index is -4.48. The van der Waals surface area contributed by atoms with Gasteiger partial charge in [0, 0.05) is 24.6 Å².